The van der Waals surface area contributed by atoms with Gasteiger partial charge in [0.1, 0.15) is 0 Å². The summed E-state index contributed by atoms with van der Waals surface area (Å²) in [5, 5.41) is 27.8. The molecule has 0 radical (unpaired) electrons. The van der Waals surface area contributed by atoms with E-state index in [0.717, 1.165) is 54.0 Å². The first-order valence-corrected chi connectivity index (χ1v) is 9.73. The smallest absolute Gasteiger partial charge is 0.319 e. The van der Waals surface area contributed by atoms with Crippen molar-refractivity contribution in [1.29, 1.82) is 0 Å². The zero-order valence-corrected chi connectivity index (χ0v) is 16.7. The second-order valence-electron chi connectivity index (χ2n) is 7.34. The summed E-state index contributed by atoms with van der Waals surface area (Å²) >= 11 is 0. The maximum atomic E-state index is 13.0. The highest BCUT2D eigenvalue weighted by molar-refractivity contribution is 5.97. The van der Waals surface area contributed by atoms with Crippen LogP contribution in [0.2, 0.25) is 0 Å². The van der Waals surface area contributed by atoms with E-state index >= 15 is 0 Å². The molecule has 3 aromatic rings. The minimum Gasteiger partial charge on any atom is -0.485 e. The SMILES string of the molecule is COc1c([N+](=O)[O-])cc(C(=O)N[C@H]2CCCc3ccc4ccccc4c32)cc1[N+](=O)[O-]. The van der Waals surface area contributed by atoms with Crippen LogP contribution in [0.15, 0.2) is 48.5 Å². The van der Waals surface area contributed by atoms with E-state index in [9.17, 15) is 25.0 Å². The van der Waals surface area contributed by atoms with E-state index in [1.165, 1.54) is 0 Å². The second-order valence-corrected chi connectivity index (χ2v) is 7.34. The lowest BCUT2D eigenvalue weighted by atomic mass is 9.84. The number of amides is 1. The minimum atomic E-state index is -0.800. The van der Waals surface area contributed by atoms with Gasteiger partial charge in [0.05, 0.1) is 28.6 Å². The standard InChI is InChI=1S/C22H19N3O6/c1-31-21-18(24(27)28)11-15(12-19(21)25(29)30)22(26)23-17-8-4-6-14-10-9-13-5-2-3-7-16(13)20(14)17/h2-3,5,7,9-12,17H,4,6,8H2,1H3,(H,23,26)/t17-/m0/s1. The Morgan fingerprint density at radius 2 is 1.74 bits per heavy atom. The number of carbonyl (C=O) groups excluding carboxylic acids is 1. The van der Waals surface area contributed by atoms with Crippen LogP contribution in [0.25, 0.3) is 10.8 Å². The molecule has 9 heteroatoms. The molecule has 0 bridgehead atoms. The quantitative estimate of drug-likeness (QED) is 0.479. The Balaban J connectivity index is 1.74. The third-order valence-electron chi connectivity index (χ3n) is 5.56. The van der Waals surface area contributed by atoms with Crippen molar-refractivity contribution in [3.63, 3.8) is 0 Å². The first-order valence-electron chi connectivity index (χ1n) is 9.73. The molecule has 0 fully saturated rings. The van der Waals surface area contributed by atoms with Gasteiger partial charge in [-0.05, 0) is 41.2 Å². The summed E-state index contributed by atoms with van der Waals surface area (Å²) in [4.78, 5) is 34.2. The number of hydrogen-bond donors (Lipinski definition) is 1. The highest BCUT2D eigenvalue weighted by Gasteiger charge is 2.31. The molecule has 1 aliphatic carbocycles. The van der Waals surface area contributed by atoms with Gasteiger partial charge in [-0.25, -0.2) is 0 Å². The van der Waals surface area contributed by atoms with E-state index in [1.807, 2.05) is 24.3 Å². The Bertz CT molecular complexity index is 1190. The predicted molar refractivity (Wildman–Crippen MR) is 113 cm³/mol. The van der Waals surface area contributed by atoms with Gasteiger partial charge in [0, 0.05) is 12.1 Å². The summed E-state index contributed by atoms with van der Waals surface area (Å²) in [6.45, 7) is 0. The number of nitro benzene ring substituents is 2. The first-order chi connectivity index (χ1) is 14.9. The van der Waals surface area contributed by atoms with Crippen LogP contribution in [-0.4, -0.2) is 22.9 Å². The summed E-state index contributed by atoms with van der Waals surface area (Å²) < 4.78 is 4.86. The molecule has 158 valence electrons. The molecule has 4 rings (SSSR count). The third-order valence-corrected chi connectivity index (χ3v) is 5.56. The average molecular weight is 421 g/mol. The normalized spacial score (nSPS) is 15.2. The van der Waals surface area contributed by atoms with E-state index in [0.29, 0.717) is 6.42 Å². The third kappa shape index (κ3) is 3.65. The van der Waals surface area contributed by atoms with E-state index in [4.69, 9.17) is 4.74 Å². The van der Waals surface area contributed by atoms with E-state index < -0.39 is 32.9 Å². The number of nitro groups is 2. The molecule has 31 heavy (non-hydrogen) atoms. The van der Waals surface area contributed by atoms with Crippen molar-refractivity contribution < 1.29 is 19.4 Å². The van der Waals surface area contributed by atoms with Crippen LogP contribution < -0.4 is 10.1 Å². The van der Waals surface area contributed by atoms with E-state index in [-0.39, 0.29) is 11.6 Å². The van der Waals surface area contributed by atoms with Gasteiger partial charge in [0.2, 0.25) is 0 Å². The second kappa shape index (κ2) is 8.02. The number of fused-ring (bicyclic) bond motifs is 3. The molecule has 1 atom stereocenters. The maximum Gasteiger partial charge on any atom is 0.319 e. The number of methoxy groups -OCH3 is 1. The van der Waals surface area contributed by atoms with Crippen LogP contribution in [0.5, 0.6) is 5.75 Å². The lowest BCUT2D eigenvalue weighted by Gasteiger charge is -2.28. The lowest BCUT2D eigenvalue weighted by Crippen LogP contribution is -2.31. The Hall–Kier alpha value is -4.01. The number of nitrogens with zero attached hydrogens (tertiary/aromatic N) is 2. The fraction of sp³-hybridized carbons (Fsp3) is 0.227. The molecular formula is C22H19N3O6. The van der Waals surface area contributed by atoms with Gasteiger partial charge >= 0.3 is 11.4 Å². The molecule has 0 aromatic heterocycles. The molecule has 1 amide bonds. The van der Waals surface area contributed by atoms with Crippen molar-refractivity contribution in [2.45, 2.75) is 25.3 Å². The maximum absolute atomic E-state index is 13.0. The zero-order chi connectivity index (χ0) is 22.1. The number of rotatable bonds is 5. The largest absolute Gasteiger partial charge is 0.485 e. The first kappa shape index (κ1) is 20.3. The van der Waals surface area contributed by atoms with Crippen LogP contribution >= 0.6 is 0 Å². The van der Waals surface area contributed by atoms with Crippen LogP contribution in [0, 0.1) is 20.2 Å². The zero-order valence-electron chi connectivity index (χ0n) is 16.7. The fourth-order valence-corrected chi connectivity index (χ4v) is 4.21. The Labute approximate surface area is 176 Å². The van der Waals surface area contributed by atoms with Crippen molar-refractivity contribution in [2.75, 3.05) is 7.11 Å². The van der Waals surface area contributed by atoms with Gasteiger partial charge in [-0.1, -0.05) is 36.4 Å². The molecule has 3 aromatic carbocycles. The number of aryl methyl sites for hydroxylation is 1. The number of nitrogens with one attached hydrogen (secondary N) is 1. The lowest BCUT2D eigenvalue weighted by molar-refractivity contribution is -0.395. The van der Waals surface area contributed by atoms with Crippen molar-refractivity contribution in [2.24, 2.45) is 0 Å². The van der Waals surface area contributed by atoms with Crippen molar-refractivity contribution in [3.05, 3.63) is 85.4 Å². The Kier molecular flexibility index (Phi) is 5.24. The fourth-order valence-electron chi connectivity index (χ4n) is 4.21. The summed E-state index contributed by atoms with van der Waals surface area (Å²) in [6, 6.07) is 13.7. The Morgan fingerprint density at radius 1 is 1.06 bits per heavy atom. The van der Waals surface area contributed by atoms with Gasteiger partial charge in [-0.3, -0.25) is 25.0 Å². The Morgan fingerprint density at radius 3 is 2.39 bits per heavy atom. The number of carbonyl (C=O) groups is 1. The summed E-state index contributed by atoms with van der Waals surface area (Å²) in [5.74, 6) is -1.10. The summed E-state index contributed by atoms with van der Waals surface area (Å²) in [6.07, 6.45) is 2.47. The van der Waals surface area contributed by atoms with Crippen LogP contribution in [0.3, 0.4) is 0 Å². The summed E-state index contributed by atoms with van der Waals surface area (Å²) in [5.41, 5.74) is 0.747. The molecule has 1 N–H and O–H groups in total. The number of benzene rings is 3. The van der Waals surface area contributed by atoms with Crippen LogP contribution in [0.1, 0.15) is 40.4 Å². The van der Waals surface area contributed by atoms with E-state index in [2.05, 4.69) is 17.4 Å². The van der Waals surface area contributed by atoms with Gasteiger partial charge in [0.25, 0.3) is 11.7 Å². The topological polar surface area (TPSA) is 125 Å². The molecule has 0 unspecified atom stereocenters. The molecular weight excluding hydrogens is 402 g/mol. The van der Waals surface area contributed by atoms with Gasteiger partial charge in [0.15, 0.2) is 0 Å². The number of hydrogen-bond acceptors (Lipinski definition) is 6. The molecule has 0 aliphatic heterocycles. The van der Waals surface area contributed by atoms with Crippen LogP contribution in [0.4, 0.5) is 11.4 Å². The highest BCUT2D eigenvalue weighted by Crippen LogP contribution is 2.39. The predicted octanol–water partition coefficient (Wildman–Crippen LogP) is 4.47. The molecule has 9 nitrogen and oxygen atoms in total. The highest BCUT2D eigenvalue weighted by atomic mass is 16.6. The van der Waals surface area contributed by atoms with Crippen LogP contribution in [-0.2, 0) is 6.42 Å². The van der Waals surface area contributed by atoms with Gasteiger partial charge in [-0.2, -0.15) is 0 Å². The van der Waals surface area contributed by atoms with Crippen molar-refractivity contribution in [3.8, 4) is 5.75 Å². The molecule has 1 aliphatic rings. The van der Waals surface area contributed by atoms with Gasteiger partial charge in [-0.15, -0.1) is 0 Å². The minimum absolute atomic E-state index is 0.161. The average Bonchev–Trinajstić information content (AvgIpc) is 2.77. The molecule has 0 saturated heterocycles. The number of ether oxygens (including phenoxy) is 1. The van der Waals surface area contributed by atoms with E-state index in [1.54, 1.807) is 0 Å². The van der Waals surface area contributed by atoms with Gasteiger partial charge < -0.3 is 10.1 Å². The molecule has 0 heterocycles. The molecule has 0 saturated carbocycles. The summed E-state index contributed by atoms with van der Waals surface area (Å²) in [7, 11) is 1.11. The monoisotopic (exact) mass is 421 g/mol. The van der Waals surface area contributed by atoms with Crippen molar-refractivity contribution in [1.82, 2.24) is 5.32 Å². The molecule has 0 spiro atoms. The van der Waals surface area contributed by atoms with Crippen molar-refractivity contribution >= 4 is 28.1 Å².